The first-order valence-electron chi connectivity index (χ1n) is 23.6. The van der Waals surface area contributed by atoms with Gasteiger partial charge < -0.3 is 18.0 Å². The Morgan fingerprint density at radius 2 is 0.757 bits per heavy atom. The summed E-state index contributed by atoms with van der Waals surface area (Å²) in [5, 5.41) is 8.83. The van der Waals surface area contributed by atoms with Crippen LogP contribution in [-0.4, -0.2) is 19.1 Å². The predicted molar refractivity (Wildman–Crippen MR) is 287 cm³/mol. The first-order chi connectivity index (χ1) is 34.7. The Balaban J connectivity index is 1.04. The van der Waals surface area contributed by atoms with Crippen molar-refractivity contribution in [3.05, 3.63) is 231 Å². The van der Waals surface area contributed by atoms with E-state index >= 15 is 0 Å². The lowest BCUT2D eigenvalue weighted by molar-refractivity contribution is 0.672. The van der Waals surface area contributed by atoms with Crippen molar-refractivity contribution in [2.75, 3.05) is 0 Å². The molecule has 326 valence electrons. The fourth-order valence-electron chi connectivity index (χ4n) is 11.1. The second-order valence-electron chi connectivity index (χ2n) is 18.0. The number of aromatic nitrogens is 4. The average Bonchev–Trinajstić information content (AvgIpc) is 4.19. The van der Waals surface area contributed by atoms with Crippen molar-refractivity contribution in [2.45, 2.75) is 0 Å². The van der Waals surface area contributed by atoms with Crippen LogP contribution in [0.3, 0.4) is 0 Å². The van der Waals surface area contributed by atoms with Crippen LogP contribution in [-0.2, 0) is 0 Å². The zero-order valence-electron chi connectivity index (χ0n) is 37.5. The van der Waals surface area contributed by atoms with Crippen LogP contribution in [0.1, 0.15) is 0 Å². The third-order valence-electron chi connectivity index (χ3n) is 14.2. The van der Waals surface area contributed by atoms with Crippen LogP contribution in [0.2, 0.25) is 0 Å². The molecule has 0 aliphatic carbocycles. The molecule has 15 rings (SSSR count). The number of hydrogen-bond donors (Lipinski definition) is 0. The molecular formula is C64H38N4O2. The van der Waals surface area contributed by atoms with Gasteiger partial charge in [0.2, 0.25) is 0 Å². The van der Waals surface area contributed by atoms with Crippen molar-refractivity contribution in [1.82, 2.24) is 19.1 Å². The van der Waals surface area contributed by atoms with E-state index in [-0.39, 0.29) is 0 Å². The van der Waals surface area contributed by atoms with Gasteiger partial charge in [-0.2, -0.15) is 0 Å². The number of benzene rings is 10. The minimum Gasteiger partial charge on any atom is -0.455 e. The molecular weight excluding hydrogens is 857 g/mol. The number of hydrogen-bond acceptors (Lipinski definition) is 4. The van der Waals surface area contributed by atoms with Crippen LogP contribution >= 0.6 is 0 Å². The summed E-state index contributed by atoms with van der Waals surface area (Å²) in [4.78, 5) is 10.7. The zero-order valence-corrected chi connectivity index (χ0v) is 37.5. The summed E-state index contributed by atoms with van der Waals surface area (Å²) >= 11 is 0. The molecule has 0 spiro atoms. The zero-order chi connectivity index (χ0) is 45.9. The first kappa shape index (κ1) is 38.6. The van der Waals surface area contributed by atoms with Gasteiger partial charge in [-0.05, 0) is 78.9 Å². The van der Waals surface area contributed by atoms with Gasteiger partial charge in [0.15, 0.2) is 5.82 Å². The normalized spacial score (nSPS) is 12.0. The molecule has 0 aliphatic rings. The maximum atomic E-state index is 6.77. The molecule has 70 heavy (non-hydrogen) atoms. The quantitative estimate of drug-likeness (QED) is 0.167. The van der Waals surface area contributed by atoms with Crippen molar-refractivity contribution >= 4 is 87.5 Å². The lowest BCUT2D eigenvalue weighted by Gasteiger charge is -2.19. The monoisotopic (exact) mass is 894 g/mol. The molecule has 6 nitrogen and oxygen atoms in total. The predicted octanol–water partition coefficient (Wildman–Crippen LogP) is 17.1. The van der Waals surface area contributed by atoms with E-state index in [2.05, 4.69) is 215 Å². The van der Waals surface area contributed by atoms with E-state index < -0.39 is 0 Å². The lowest BCUT2D eigenvalue weighted by Crippen LogP contribution is -2.02. The standard InChI is InChI=1S/C64H38N4O2/c1-3-17-39(18-4-1)50-38-51(40-19-5-2-6-20-40)66-64(65-50)41-31-34-55(68-54-28-14-9-25-48(54)61-57(68)36-33-46-44-23-11-16-30-59(44)70-63(46)61)49(37-41)42-21-7-12-26-52(42)67-53-27-13-8-24-47(53)60-56(67)35-32-45-43-22-10-15-29-58(43)69-62(45)60/h1-38H. The van der Waals surface area contributed by atoms with Gasteiger partial charge in [0, 0.05) is 60.1 Å². The molecule has 10 aromatic carbocycles. The summed E-state index contributed by atoms with van der Waals surface area (Å²) in [7, 11) is 0. The summed E-state index contributed by atoms with van der Waals surface area (Å²) in [6, 6.07) is 81.3. The van der Waals surface area contributed by atoms with Gasteiger partial charge in [0.25, 0.3) is 0 Å². The molecule has 0 aliphatic heterocycles. The highest BCUT2D eigenvalue weighted by molar-refractivity contribution is 6.25. The molecule has 0 saturated heterocycles. The fraction of sp³-hybridized carbons (Fsp3) is 0. The molecule has 5 aromatic heterocycles. The van der Waals surface area contributed by atoms with Gasteiger partial charge in [-0.1, -0.05) is 152 Å². The summed E-state index contributed by atoms with van der Waals surface area (Å²) in [6.07, 6.45) is 0. The third kappa shape index (κ3) is 5.68. The van der Waals surface area contributed by atoms with Gasteiger partial charge in [0.05, 0.1) is 55.6 Å². The summed E-state index contributed by atoms with van der Waals surface area (Å²) < 4.78 is 18.3. The van der Waals surface area contributed by atoms with Crippen LogP contribution in [0.5, 0.6) is 0 Å². The Labute approximate surface area is 400 Å². The maximum Gasteiger partial charge on any atom is 0.160 e. The van der Waals surface area contributed by atoms with Crippen molar-refractivity contribution < 1.29 is 8.83 Å². The Bertz CT molecular complexity index is 4540. The maximum absolute atomic E-state index is 6.77. The van der Waals surface area contributed by atoms with Gasteiger partial charge in [0.1, 0.15) is 22.3 Å². The minimum absolute atomic E-state index is 0.640. The van der Waals surface area contributed by atoms with E-state index in [1.54, 1.807) is 0 Å². The Kier molecular flexibility index (Phi) is 8.26. The summed E-state index contributed by atoms with van der Waals surface area (Å²) in [6.45, 7) is 0. The SMILES string of the molecule is c1ccc(-c2cc(-c3ccccc3)nc(-c3ccc(-n4c5ccccc5c5c6oc7ccccc7c6ccc54)c(-c4ccccc4-n4c5ccccc5c5c6oc7ccccc7c6ccc54)c3)n2)cc1. The summed E-state index contributed by atoms with van der Waals surface area (Å²) in [5.74, 6) is 0.640. The van der Waals surface area contributed by atoms with E-state index in [0.717, 1.165) is 138 Å². The molecule has 0 bridgehead atoms. The first-order valence-corrected chi connectivity index (χ1v) is 23.6. The van der Waals surface area contributed by atoms with Crippen LogP contribution in [0.4, 0.5) is 0 Å². The highest BCUT2D eigenvalue weighted by atomic mass is 16.3. The minimum atomic E-state index is 0.640. The molecule has 0 atom stereocenters. The van der Waals surface area contributed by atoms with Crippen molar-refractivity contribution in [1.29, 1.82) is 0 Å². The molecule has 15 aromatic rings. The Morgan fingerprint density at radius 3 is 1.31 bits per heavy atom. The van der Waals surface area contributed by atoms with Crippen molar-refractivity contribution in [3.8, 4) is 56.4 Å². The molecule has 0 amide bonds. The van der Waals surface area contributed by atoms with Crippen molar-refractivity contribution in [3.63, 3.8) is 0 Å². The highest BCUT2D eigenvalue weighted by Crippen LogP contribution is 2.46. The smallest absolute Gasteiger partial charge is 0.160 e. The van der Waals surface area contributed by atoms with Gasteiger partial charge >= 0.3 is 0 Å². The number of rotatable bonds is 6. The molecule has 0 radical (unpaired) electrons. The van der Waals surface area contributed by atoms with Crippen LogP contribution in [0.25, 0.3) is 144 Å². The highest BCUT2D eigenvalue weighted by Gasteiger charge is 2.25. The Morgan fingerprint density at radius 1 is 0.300 bits per heavy atom. The molecule has 0 fully saturated rings. The largest absolute Gasteiger partial charge is 0.455 e. The molecule has 6 heteroatoms. The van der Waals surface area contributed by atoms with Crippen LogP contribution in [0.15, 0.2) is 239 Å². The Hall–Kier alpha value is -9.52. The van der Waals surface area contributed by atoms with Crippen molar-refractivity contribution in [2.24, 2.45) is 0 Å². The van der Waals surface area contributed by atoms with E-state index in [0.29, 0.717) is 5.82 Å². The summed E-state index contributed by atoms with van der Waals surface area (Å²) in [5.41, 5.74) is 16.6. The van der Waals surface area contributed by atoms with Crippen LogP contribution in [0, 0.1) is 0 Å². The van der Waals surface area contributed by atoms with Gasteiger partial charge in [-0.25, -0.2) is 9.97 Å². The second kappa shape index (κ2) is 15.0. The van der Waals surface area contributed by atoms with Crippen LogP contribution < -0.4 is 0 Å². The molecule has 5 heterocycles. The van der Waals surface area contributed by atoms with E-state index in [1.165, 1.54) is 0 Å². The second-order valence-corrected chi connectivity index (χ2v) is 18.0. The van der Waals surface area contributed by atoms with Gasteiger partial charge in [-0.15, -0.1) is 0 Å². The number of fused-ring (bicyclic) bond motifs is 14. The number of para-hydroxylation sites is 5. The van der Waals surface area contributed by atoms with E-state index in [1.807, 2.05) is 24.3 Å². The third-order valence-corrected chi connectivity index (χ3v) is 14.2. The van der Waals surface area contributed by atoms with Gasteiger partial charge in [-0.3, -0.25) is 0 Å². The van der Waals surface area contributed by atoms with E-state index in [4.69, 9.17) is 18.8 Å². The molecule has 0 N–H and O–H groups in total. The molecule has 0 unspecified atom stereocenters. The average molecular weight is 895 g/mol. The fourth-order valence-corrected chi connectivity index (χ4v) is 11.1. The molecule has 0 saturated carbocycles. The number of furan rings is 2. The topological polar surface area (TPSA) is 61.9 Å². The van der Waals surface area contributed by atoms with E-state index in [9.17, 15) is 0 Å². The lowest BCUT2D eigenvalue weighted by atomic mass is 9.97. The number of nitrogens with zero attached hydrogens (tertiary/aromatic N) is 4.